The molecule has 1 fully saturated rings. The number of sulfone groups is 1. The summed E-state index contributed by atoms with van der Waals surface area (Å²) in [5.41, 5.74) is 3.35. The number of carbonyl (C=O) groups is 1. The number of thioether (sulfide) groups is 1. The fraction of sp³-hybridized carbons (Fsp3) is 0.500. The van der Waals surface area contributed by atoms with Crippen LogP contribution in [-0.2, 0) is 27.5 Å². The number of hydrogen-bond donors (Lipinski definition) is 1. The van der Waals surface area contributed by atoms with Crippen LogP contribution in [0.4, 0.5) is 0 Å². The molecular weight excluding hydrogens is 402 g/mol. The van der Waals surface area contributed by atoms with Gasteiger partial charge in [-0.3, -0.25) is 4.79 Å². The third-order valence-electron chi connectivity index (χ3n) is 4.85. The molecule has 0 bridgehead atoms. The van der Waals surface area contributed by atoms with Crippen molar-refractivity contribution in [2.24, 2.45) is 0 Å². The maximum Gasteiger partial charge on any atom is 0.230 e. The van der Waals surface area contributed by atoms with Gasteiger partial charge in [0.1, 0.15) is 0 Å². The summed E-state index contributed by atoms with van der Waals surface area (Å²) in [6.07, 6.45) is 4.75. The van der Waals surface area contributed by atoms with Crippen LogP contribution in [0.15, 0.2) is 22.7 Å². The topological polar surface area (TPSA) is 89.0 Å². The molecular formula is C18H21N3O3S3. The minimum absolute atomic E-state index is 0.0429. The van der Waals surface area contributed by atoms with E-state index in [-0.39, 0.29) is 29.2 Å². The molecule has 1 aliphatic carbocycles. The summed E-state index contributed by atoms with van der Waals surface area (Å²) in [6.45, 7) is 0. The first-order valence-electron chi connectivity index (χ1n) is 9.06. The van der Waals surface area contributed by atoms with Crippen LogP contribution in [0.5, 0.6) is 0 Å². The molecule has 27 heavy (non-hydrogen) atoms. The number of aryl methyl sites for hydroxylation is 1. The standard InChI is InChI=1S/C18H21N3O3S3/c22-16(19-12-7-9-27(23,24)11-12)10-26-18-20-14-5-2-1-4-13(14)17(21-18)15-6-3-8-25-15/h3,6,8,12H,1-2,4-5,7,9-11H2,(H,19,22)/t12-/m0/s1. The van der Waals surface area contributed by atoms with Gasteiger partial charge in [-0.2, -0.15) is 0 Å². The molecule has 1 N–H and O–H groups in total. The van der Waals surface area contributed by atoms with E-state index in [2.05, 4.69) is 11.4 Å². The third kappa shape index (κ3) is 4.52. The van der Waals surface area contributed by atoms with Crippen LogP contribution in [0.25, 0.3) is 10.6 Å². The number of amides is 1. The van der Waals surface area contributed by atoms with Crippen molar-refractivity contribution in [1.82, 2.24) is 15.3 Å². The first-order valence-corrected chi connectivity index (χ1v) is 12.7. The lowest BCUT2D eigenvalue weighted by Gasteiger charge is -2.18. The molecule has 1 saturated heterocycles. The Balaban J connectivity index is 1.46. The molecule has 3 heterocycles. The minimum atomic E-state index is -2.99. The summed E-state index contributed by atoms with van der Waals surface area (Å²) in [4.78, 5) is 22.8. The molecule has 2 aromatic heterocycles. The predicted octanol–water partition coefficient (Wildman–Crippen LogP) is 2.48. The van der Waals surface area contributed by atoms with Crippen LogP contribution in [0.3, 0.4) is 0 Å². The molecule has 9 heteroatoms. The maximum absolute atomic E-state index is 12.2. The second-order valence-corrected chi connectivity index (χ2v) is 11.0. The van der Waals surface area contributed by atoms with Gasteiger partial charge in [0, 0.05) is 17.3 Å². The normalized spacial score (nSPS) is 21.0. The Labute approximate surface area is 167 Å². The molecule has 0 aromatic carbocycles. The zero-order chi connectivity index (χ0) is 18.9. The predicted molar refractivity (Wildman–Crippen MR) is 108 cm³/mol. The van der Waals surface area contributed by atoms with Crippen LogP contribution in [0, 0.1) is 0 Å². The molecule has 0 unspecified atom stereocenters. The fourth-order valence-electron chi connectivity index (χ4n) is 3.56. The largest absolute Gasteiger partial charge is 0.352 e. The lowest BCUT2D eigenvalue weighted by atomic mass is 9.94. The van der Waals surface area contributed by atoms with Crippen molar-refractivity contribution in [3.63, 3.8) is 0 Å². The molecule has 2 aromatic rings. The fourth-order valence-corrected chi connectivity index (χ4v) is 6.65. The Hall–Kier alpha value is -1.45. The number of rotatable bonds is 5. The van der Waals surface area contributed by atoms with Crippen LogP contribution in [0.1, 0.15) is 30.5 Å². The molecule has 0 saturated carbocycles. The summed E-state index contributed by atoms with van der Waals surface area (Å²) < 4.78 is 23.0. The molecule has 1 aliphatic heterocycles. The summed E-state index contributed by atoms with van der Waals surface area (Å²) in [7, 11) is -2.99. The monoisotopic (exact) mass is 423 g/mol. The number of fused-ring (bicyclic) bond motifs is 1. The van der Waals surface area contributed by atoms with Gasteiger partial charge in [-0.25, -0.2) is 18.4 Å². The average molecular weight is 424 g/mol. The highest BCUT2D eigenvalue weighted by atomic mass is 32.2. The van der Waals surface area contributed by atoms with Gasteiger partial charge in [0.25, 0.3) is 0 Å². The number of carbonyl (C=O) groups excluding carboxylic acids is 1. The molecule has 144 valence electrons. The zero-order valence-electron chi connectivity index (χ0n) is 14.8. The number of thiophene rings is 1. The highest BCUT2D eigenvalue weighted by molar-refractivity contribution is 7.99. The van der Waals surface area contributed by atoms with E-state index in [0.29, 0.717) is 11.6 Å². The molecule has 0 spiro atoms. The molecule has 6 nitrogen and oxygen atoms in total. The highest BCUT2D eigenvalue weighted by Crippen LogP contribution is 2.33. The number of aromatic nitrogens is 2. The van der Waals surface area contributed by atoms with Gasteiger partial charge in [-0.1, -0.05) is 17.8 Å². The summed E-state index contributed by atoms with van der Waals surface area (Å²) in [6, 6.07) is 3.82. The van der Waals surface area contributed by atoms with Crippen molar-refractivity contribution in [1.29, 1.82) is 0 Å². The van der Waals surface area contributed by atoms with Crippen molar-refractivity contribution >= 4 is 38.8 Å². The molecule has 1 amide bonds. The van der Waals surface area contributed by atoms with Gasteiger partial charge in [0.2, 0.25) is 5.91 Å². The maximum atomic E-state index is 12.2. The van der Waals surface area contributed by atoms with Crippen molar-refractivity contribution in [2.75, 3.05) is 17.3 Å². The van der Waals surface area contributed by atoms with Crippen LogP contribution in [-0.4, -0.2) is 47.6 Å². The smallest absolute Gasteiger partial charge is 0.230 e. The van der Waals surface area contributed by atoms with Gasteiger partial charge >= 0.3 is 0 Å². The zero-order valence-corrected chi connectivity index (χ0v) is 17.3. The van der Waals surface area contributed by atoms with E-state index >= 15 is 0 Å². The molecule has 2 aliphatic rings. The Morgan fingerprint density at radius 1 is 1.30 bits per heavy atom. The second kappa shape index (κ2) is 7.89. The van der Waals surface area contributed by atoms with Gasteiger partial charge in [-0.15, -0.1) is 11.3 Å². The summed E-state index contributed by atoms with van der Waals surface area (Å²) in [5.74, 6) is 0.227. The minimum Gasteiger partial charge on any atom is -0.352 e. The number of hydrogen-bond acceptors (Lipinski definition) is 7. The van der Waals surface area contributed by atoms with Crippen LogP contribution < -0.4 is 5.32 Å². The SMILES string of the molecule is O=C(CSc1nc2c(c(-c3cccs3)n1)CCCC2)N[C@H]1CCS(=O)(=O)C1. The van der Waals surface area contributed by atoms with Crippen LogP contribution >= 0.6 is 23.1 Å². The van der Waals surface area contributed by atoms with Crippen molar-refractivity contribution < 1.29 is 13.2 Å². The van der Waals surface area contributed by atoms with Crippen molar-refractivity contribution in [3.05, 3.63) is 28.8 Å². The van der Waals surface area contributed by atoms with E-state index < -0.39 is 9.84 Å². The lowest BCUT2D eigenvalue weighted by Crippen LogP contribution is -2.36. The Kier molecular flexibility index (Phi) is 5.52. The quantitative estimate of drug-likeness (QED) is 0.587. The number of nitrogens with one attached hydrogen (secondary N) is 1. The van der Waals surface area contributed by atoms with Crippen molar-refractivity contribution in [3.8, 4) is 10.6 Å². The van der Waals surface area contributed by atoms with E-state index in [4.69, 9.17) is 9.97 Å². The van der Waals surface area contributed by atoms with E-state index in [1.54, 1.807) is 11.3 Å². The summed E-state index contributed by atoms with van der Waals surface area (Å²) in [5, 5.41) is 5.48. The first-order chi connectivity index (χ1) is 13.0. The molecule has 4 rings (SSSR count). The van der Waals surface area contributed by atoms with Gasteiger partial charge in [0.15, 0.2) is 15.0 Å². The van der Waals surface area contributed by atoms with E-state index in [0.717, 1.165) is 41.9 Å². The van der Waals surface area contributed by atoms with E-state index in [1.807, 2.05) is 11.4 Å². The Morgan fingerprint density at radius 3 is 2.89 bits per heavy atom. The number of nitrogens with zero attached hydrogens (tertiary/aromatic N) is 2. The summed E-state index contributed by atoms with van der Waals surface area (Å²) >= 11 is 2.98. The van der Waals surface area contributed by atoms with Gasteiger partial charge in [-0.05, 0) is 43.6 Å². The van der Waals surface area contributed by atoms with Crippen LogP contribution in [0.2, 0.25) is 0 Å². The van der Waals surface area contributed by atoms with E-state index in [9.17, 15) is 13.2 Å². The third-order valence-corrected chi connectivity index (χ3v) is 8.34. The molecule has 0 radical (unpaired) electrons. The lowest BCUT2D eigenvalue weighted by molar-refractivity contribution is -0.119. The molecule has 1 atom stereocenters. The second-order valence-electron chi connectivity index (χ2n) is 6.92. The Morgan fingerprint density at radius 2 is 2.15 bits per heavy atom. The van der Waals surface area contributed by atoms with Gasteiger partial charge in [0.05, 0.1) is 27.8 Å². The van der Waals surface area contributed by atoms with Crippen molar-refractivity contribution in [2.45, 2.75) is 43.3 Å². The average Bonchev–Trinajstić information content (AvgIpc) is 3.29. The van der Waals surface area contributed by atoms with E-state index in [1.165, 1.54) is 17.3 Å². The highest BCUT2D eigenvalue weighted by Gasteiger charge is 2.29. The first kappa shape index (κ1) is 18.9. The Bertz CT molecular complexity index is 942. The van der Waals surface area contributed by atoms with Gasteiger partial charge < -0.3 is 5.32 Å².